The molecule has 2 aliphatic heterocycles. The van der Waals surface area contributed by atoms with E-state index in [1.54, 1.807) is 0 Å². The quantitative estimate of drug-likeness (QED) is 0.746. The first-order valence-electron chi connectivity index (χ1n) is 10.5. The fraction of sp³-hybridized carbons (Fsp3) is 0.591. The first-order chi connectivity index (χ1) is 13.6. The first-order valence-corrected chi connectivity index (χ1v) is 10.5. The number of piperazine rings is 1. The number of likely N-dealkylation sites (N-methyl/N-ethyl adjacent to an activating group) is 1. The highest BCUT2D eigenvalue weighted by atomic mass is 16.7. The molecule has 2 fully saturated rings. The molecule has 156 valence electrons. The van der Waals surface area contributed by atoms with Crippen LogP contribution in [-0.4, -0.2) is 66.2 Å². The van der Waals surface area contributed by atoms with Crippen LogP contribution in [0.5, 0.6) is 0 Å². The van der Waals surface area contributed by atoms with E-state index < -0.39 is 0 Å². The standard InChI is InChI=1S/C22H33BN4O2/c1-16-12-17(2)27(24-16)20-14-18(23-28-21(3,4)22(5,6)29-23)13-19(15-20)26-10-8-25(7)9-11-26/h12-15H,8-11H2,1-7H3. The summed E-state index contributed by atoms with van der Waals surface area (Å²) < 4.78 is 14.7. The summed E-state index contributed by atoms with van der Waals surface area (Å²) in [6, 6.07) is 8.72. The fourth-order valence-electron chi connectivity index (χ4n) is 3.99. The fourth-order valence-corrected chi connectivity index (χ4v) is 3.99. The molecule has 1 aromatic heterocycles. The number of aromatic nitrogens is 2. The summed E-state index contributed by atoms with van der Waals surface area (Å²) in [6.45, 7) is 16.7. The highest BCUT2D eigenvalue weighted by molar-refractivity contribution is 6.62. The van der Waals surface area contributed by atoms with Crippen LogP contribution in [0.4, 0.5) is 5.69 Å². The second-order valence-corrected chi connectivity index (χ2v) is 9.50. The maximum Gasteiger partial charge on any atom is 0.494 e. The average molecular weight is 396 g/mol. The van der Waals surface area contributed by atoms with E-state index in [9.17, 15) is 0 Å². The Labute approximate surface area is 174 Å². The Hall–Kier alpha value is -1.83. The number of aryl methyl sites for hydroxylation is 2. The number of hydrogen-bond donors (Lipinski definition) is 0. The average Bonchev–Trinajstić information content (AvgIpc) is 3.09. The molecule has 0 bridgehead atoms. The van der Waals surface area contributed by atoms with Gasteiger partial charge in [-0.25, -0.2) is 4.68 Å². The van der Waals surface area contributed by atoms with Crippen LogP contribution in [0.1, 0.15) is 39.1 Å². The van der Waals surface area contributed by atoms with Gasteiger partial charge < -0.3 is 19.1 Å². The van der Waals surface area contributed by atoms with Crippen molar-refractivity contribution in [1.29, 1.82) is 0 Å². The topological polar surface area (TPSA) is 42.8 Å². The molecule has 0 saturated carbocycles. The third kappa shape index (κ3) is 3.83. The summed E-state index contributed by atoms with van der Waals surface area (Å²) in [6.07, 6.45) is 0. The van der Waals surface area contributed by atoms with Crippen LogP contribution in [0.25, 0.3) is 5.69 Å². The van der Waals surface area contributed by atoms with Gasteiger partial charge in [0.25, 0.3) is 0 Å². The SMILES string of the molecule is Cc1cc(C)n(-c2cc(B3OC(C)(C)C(C)(C)O3)cc(N3CCN(C)CC3)c2)n1. The lowest BCUT2D eigenvalue weighted by Gasteiger charge is -2.34. The number of benzene rings is 1. The smallest absolute Gasteiger partial charge is 0.399 e. The second-order valence-electron chi connectivity index (χ2n) is 9.50. The van der Waals surface area contributed by atoms with Crippen molar-refractivity contribution < 1.29 is 9.31 Å². The summed E-state index contributed by atoms with van der Waals surface area (Å²) in [5.74, 6) is 0. The van der Waals surface area contributed by atoms with Crippen LogP contribution in [-0.2, 0) is 9.31 Å². The van der Waals surface area contributed by atoms with E-state index >= 15 is 0 Å². The highest BCUT2D eigenvalue weighted by Gasteiger charge is 2.51. The molecule has 0 atom stereocenters. The maximum atomic E-state index is 6.36. The Balaban J connectivity index is 1.76. The van der Waals surface area contributed by atoms with Crippen LogP contribution in [0.3, 0.4) is 0 Å². The molecule has 6 nitrogen and oxygen atoms in total. The molecule has 7 heteroatoms. The van der Waals surface area contributed by atoms with E-state index in [4.69, 9.17) is 14.4 Å². The van der Waals surface area contributed by atoms with Gasteiger partial charge >= 0.3 is 7.12 Å². The van der Waals surface area contributed by atoms with E-state index in [0.29, 0.717) is 0 Å². The van der Waals surface area contributed by atoms with Gasteiger partial charge in [0, 0.05) is 37.6 Å². The van der Waals surface area contributed by atoms with Gasteiger partial charge in [0.2, 0.25) is 0 Å². The van der Waals surface area contributed by atoms with E-state index in [-0.39, 0.29) is 18.3 Å². The van der Waals surface area contributed by atoms with Gasteiger partial charge in [-0.2, -0.15) is 5.10 Å². The normalized spacial score (nSPS) is 21.8. The summed E-state index contributed by atoms with van der Waals surface area (Å²) >= 11 is 0. The van der Waals surface area contributed by atoms with E-state index in [1.165, 1.54) is 5.69 Å². The summed E-state index contributed by atoms with van der Waals surface area (Å²) in [5.41, 5.74) is 4.72. The minimum atomic E-state index is -0.386. The van der Waals surface area contributed by atoms with Crippen molar-refractivity contribution in [2.24, 2.45) is 0 Å². The number of hydrogen-bond acceptors (Lipinski definition) is 5. The molecule has 0 aliphatic carbocycles. The molecule has 0 radical (unpaired) electrons. The zero-order chi connectivity index (χ0) is 21.0. The lowest BCUT2D eigenvalue weighted by atomic mass is 9.78. The van der Waals surface area contributed by atoms with E-state index in [2.05, 4.69) is 75.7 Å². The van der Waals surface area contributed by atoms with Crippen molar-refractivity contribution in [3.8, 4) is 5.69 Å². The van der Waals surface area contributed by atoms with Gasteiger partial charge in [0.1, 0.15) is 0 Å². The maximum absolute atomic E-state index is 6.36. The zero-order valence-electron chi connectivity index (χ0n) is 18.8. The van der Waals surface area contributed by atoms with Crippen LogP contribution < -0.4 is 10.4 Å². The Kier molecular flexibility index (Phi) is 5.04. The number of nitrogens with zero attached hydrogens (tertiary/aromatic N) is 4. The lowest BCUT2D eigenvalue weighted by molar-refractivity contribution is 0.00578. The van der Waals surface area contributed by atoms with Gasteiger partial charge in [-0.05, 0) is 78.3 Å². The van der Waals surface area contributed by atoms with Gasteiger partial charge in [-0.3, -0.25) is 0 Å². The molecule has 0 unspecified atom stereocenters. The highest BCUT2D eigenvalue weighted by Crippen LogP contribution is 2.37. The third-order valence-electron chi connectivity index (χ3n) is 6.57. The molecule has 2 saturated heterocycles. The van der Waals surface area contributed by atoms with E-state index in [0.717, 1.165) is 48.7 Å². The molecule has 2 aliphatic rings. The van der Waals surface area contributed by atoms with Crippen LogP contribution >= 0.6 is 0 Å². The third-order valence-corrected chi connectivity index (χ3v) is 6.57. The van der Waals surface area contributed by atoms with Crippen molar-refractivity contribution in [3.63, 3.8) is 0 Å². The van der Waals surface area contributed by atoms with Crippen LogP contribution in [0.2, 0.25) is 0 Å². The zero-order valence-corrected chi connectivity index (χ0v) is 18.8. The molecule has 2 aromatic rings. The summed E-state index contributed by atoms with van der Waals surface area (Å²) in [7, 11) is 1.79. The number of anilines is 1. The van der Waals surface area contributed by atoms with Crippen LogP contribution in [0, 0.1) is 13.8 Å². The van der Waals surface area contributed by atoms with Crippen LogP contribution in [0.15, 0.2) is 24.3 Å². The first kappa shape index (κ1) is 20.4. The predicted molar refractivity (Wildman–Crippen MR) is 118 cm³/mol. The Morgan fingerprint density at radius 2 is 1.45 bits per heavy atom. The molecule has 3 heterocycles. The second kappa shape index (κ2) is 7.15. The van der Waals surface area contributed by atoms with Gasteiger partial charge in [-0.1, -0.05) is 0 Å². The van der Waals surface area contributed by atoms with Gasteiger partial charge in [-0.15, -0.1) is 0 Å². The van der Waals surface area contributed by atoms with E-state index in [1.807, 2.05) is 11.6 Å². The summed E-state index contributed by atoms with van der Waals surface area (Å²) in [4.78, 5) is 4.82. The van der Waals surface area contributed by atoms with Crippen molar-refractivity contribution in [3.05, 3.63) is 35.7 Å². The van der Waals surface area contributed by atoms with Crippen molar-refractivity contribution in [2.75, 3.05) is 38.1 Å². The number of rotatable bonds is 3. The molecule has 0 amide bonds. The van der Waals surface area contributed by atoms with Gasteiger partial charge in [0.05, 0.1) is 22.6 Å². The predicted octanol–water partition coefficient (Wildman–Crippen LogP) is 2.54. The molecule has 29 heavy (non-hydrogen) atoms. The minimum Gasteiger partial charge on any atom is -0.399 e. The van der Waals surface area contributed by atoms with Gasteiger partial charge in [0.15, 0.2) is 0 Å². The summed E-state index contributed by atoms with van der Waals surface area (Å²) in [5, 5.41) is 4.71. The minimum absolute atomic E-state index is 0.361. The largest absolute Gasteiger partial charge is 0.494 e. The van der Waals surface area contributed by atoms with Crippen molar-refractivity contribution in [1.82, 2.24) is 14.7 Å². The molecule has 1 aromatic carbocycles. The molecule has 4 rings (SSSR count). The van der Waals surface area contributed by atoms with Crippen molar-refractivity contribution >= 4 is 18.3 Å². The Morgan fingerprint density at radius 1 is 0.862 bits per heavy atom. The molecular formula is C22H33BN4O2. The molecule has 0 N–H and O–H groups in total. The Bertz CT molecular complexity index is 884. The van der Waals surface area contributed by atoms with Crippen molar-refractivity contribution in [2.45, 2.75) is 52.7 Å². The monoisotopic (exact) mass is 396 g/mol. The lowest BCUT2D eigenvalue weighted by Crippen LogP contribution is -2.45. The Morgan fingerprint density at radius 3 is 2.00 bits per heavy atom. The molecular weight excluding hydrogens is 363 g/mol. The molecule has 0 spiro atoms.